The van der Waals surface area contributed by atoms with Crippen molar-refractivity contribution >= 4 is 6.03 Å². The molecule has 1 fully saturated rings. The number of nitrogens with zero attached hydrogens (tertiary/aromatic N) is 1. The SMILES string of the molecule is CC(CNC(=O)NCc1ccc(COc2ccccc2)cc1)N1CCOCC1. The van der Waals surface area contributed by atoms with Crippen molar-refractivity contribution < 1.29 is 14.3 Å². The van der Waals surface area contributed by atoms with Gasteiger partial charge < -0.3 is 20.1 Å². The third-order valence-corrected chi connectivity index (χ3v) is 4.85. The number of morpholine rings is 1. The number of benzene rings is 2. The van der Waals surface area contributed by atoms with Crippen LogP contribution in [0.5, 0.6) is 5.75 Å². The second kappa shape index (κ2) is 10.7. The highest BCUT2D eigenvalue weighted by molar-refractivity contribution is 5.73. The van der Waals surface area contributed by atoms with E-state index in [1.54, 1.807) is 0 Å². The Balaban J connectivity index is 1.35. The first kappa shape index (κ1) is 20.2. The molecule has 28 heavy (non-hydrogen) atoms. The average Bonchev–Trinajstić information content (AvgIpc) is 2.76. The smallest absolute Gasteiger partial charge is 0.315 e. The molecule has 0 aromatic heterocycles. The molecule has 150 valence electrons. The van der Waals surface area contributed by atoms with Gasteiger partial charge in [0, 0.05) is 32.2 Å². The number of para-hydroxylation sites is 1. The lowest BCUT2D eigenvalue weighted by atomic mass is 10.1. The highest BCUT2D eigenvalue weighted by atomic mass is 16.5. The lowest BCUT2D eigenvalue weighted by Crippen LogP contribution is -2.48. The lowest BCUT2D eigenvalue weighted by molar-refractivity contribution is 0.0209. The van der Waals surface area contributed by atoms with Crippen molar-refractivity contribution in [2.24, 2.45) is 0 Å². The standard InChI is InChI=1S/C22H29N3O3/c1-18(25-11-13-27-14-12-25)15-23-22(26)24-16-19-7-9-20(10-8-19)17-28-21-5-3-2-4-6-21/h2-10,18H,11-17H2,1H3,(H2,23,24,26). The number of nitrogens with one attached hydrogen (secondary N) is 2. The fraction of sp³-hybridized carbons (Fsp3) is 0.409. The summed E-state index contributed by atoms with van der Waals surface area (Å²) in [6.07, 6.45) is 0. The largest absolute Gasteiger partial charge is 0.489 e. The van der Waals surface area contributed by atoms with Gasteiger partial charge in [-0.15, -0.1) is 0 Å². The molecule has 2 amide bonds. The second-order valence-electron chi connectivity index (χ2n) is 6.98. The molecular weight excluding hydrogens is 354 g/mol. The summed E-state index contributed by atoms with van der Waals surface area (Å²) in [6.45, 7) is 7.15. The predicted octanol–water partition coefficient (Wildman–Crippen LogP) is 2.79. The topological polar surface area (TPSA) is 62.8 Å². The number of amides is 2. The minimum absolute atomic E-state index is 0.142. The lowest BCUT2D eigenvalue weighted by Gasteiger charge is -2.32. The summed E-state index contributed by atoms with van der Waals surface area (Å²) in [5.41, 5.74) is 2.15. The minimum atomic E-state index is -0.142. The van der Waals surface area contributed by atoms with Gasteiger partial charge in [-0.05, 0) is 30.2 Å². The Kier molecular flexibility index (Phi) is 7.70. The van der Waals surface area contributed by atoms with Crippen LogP contribution in [-0.2, 0) is 17.9 Å². The average molecular weight is 383 g/mol. The molecule has 1 atom stereocenters. The van der Waals surface area contributed by atoms with Crippen LogP contribution in [-0.4, -0.2) is 49.8 Å². The third-order valence-electron chi connectivity index (χ3n) is 4.85. The molecule has 2 aromatic carbocycles. The molecule has 0 bridgehead atoms. The van der Waals surface area contributed by atoms with Gasteiger partial charge in [0.15, 0.2) is 0 Å². The van der Waals surface area contributed by atoms with Crippen molar-refractivity contribution in [2.45, 2.75) is 26.1 Å². The van der Waals surface area contributed by atoms with Gasteiger partial charge in [0.25, 0.3) is 0 Å². The minimum Gasteiger partial charge on any atom is -0.489 e. The monoisotopic (exact) mass is 383 g/mol. The first-order valence-corrected chi connectivity index (χ1v) is 9.80. The summed E-state index contributed by atoms with van der Waals surface area (Å²) in [7, 11) is 0. The van der Waals surface area contributed by atoms with Crippen molar-refractivity contribution in [3.63, 3.8) is 0 Å². The molecule has 2 N–H and O–H groups in total. The number of carbonyl (C=O) groups is 1. The molecule has 1 saturated heterocycles. The van der Waals surface area contributed by atoms with E-state index in [2.05, 4.69) is 22.5 Å². The molecule has 0 spiro atoms. The number of rotatable bonds is 8. The van der Waals surface area contributed by atoms with Crippen molar-refractivity contribution in [1.82, 2.24) is 15.5 Å². The number of urea groups is 1. The van der Waals surface area contributed by atoms with Crippen molar-refractivity contribution in [3.8, 4) is 5.75 Å². The molecule has 0 radical (unpaired) electrons. The van der Waals surface area contributed by atoms with E-state index in [0.29, 0.717) is 25.7 Å². The number of hydrogen-bond donors (Lipinski definition) is 2. The molecule has 0 aliphatic carbocycles. The highest BCUT2D eigenvalue weighted by Gasteiger charge is 2.17. The first-order chi connectivity index (χ1) is 13.7. The fourth-order valence-corrected chi connectivity index (χ4v) is 3.07. The van der Waals surface area contributed by atoms with Crippen molar-refractivity contribution in [3.05, 3.63) is 65.7 Å². The van der Waals surface area contributed by atoms with Gasteiger partial charge in [-0.1, -0.05) is 42.5 Å². The number of ether oxygens (including phenoxy) is 2. The predicted molar refractivity (Wildman–Crippen MR) is 109 cm³/mol. The number of hydrogen-bond acceptors (Lipinski definition) is 4. The summed E-state index contributed by atoms with van der Waals surface area (Å²) in [4.78, 5) is 14.4. The van der Waals surface area contributed by atoms with Crippen LogP contribution in [0.4, 0.5) is 4.79 Å². The second-order valence-corrected chi connectivity index (χ2v) is 6.98. The van der Waals surface area contributed by atoms with Crippen LogP contribution >= 0.6 is 0 Å². The highest BCUT2D eigenvalue weighted by Crippen LogP contribution is 2.12. The summed E-state index contributed by atoms with van der Waals surface area (Å²) < 4.78 is 11.1. The summed E-state index contributed by atoms with van der Waals surface area (Å²) in [5, 5.41) is 5.86. The van der Waals surface area contributed by atoms with Crippen LogP contribution in [0.1, 0.15) is 18.1 Å². The van der Waals surface area contributed by atoms with Gasteiger partial charge in [0.2, 0.25) is 0 Å². The van der Waals surface area contributed by atoms with E-state index in [1.165, 1.54) is 0 Å². The zero-order chi connectivity index (χ0) is 19.6. The van der Waals surface area contributed by atoms with Gasteiger partial charge in [-0.25, -0.2) is 4.79 Å². The molecule has 6 nitrogen and oxygen atoms in total. The van der Waals surface area contributed by atoms with Crippen LogP contribution in [0.2, 0.25) is 0 Å². The molecule has 1 heterocycles. The Labute approximate surface area is 166 Å². The van der Waals surface area contributed by atoms with E-state index in [4.69, 9.17) is 9.47 Å². The molecule has 6 heteroatoms. The fourth-order valence-electron chi connectivity index (χ4n) is 3.07. The maximum atomic E-state index is 12.0. The van der Waals surface area contributed by atoms with E-state index in [0.717, 1.165) is 43.2 Å². The zero-order valence-electron chi connectivity index (χ0n) is 16.4. The van der Waals surface area contributed by atoms with E-state index in [-0.39, 0.29) is 6.03 Å². The molecule has 3 rings (SSSR count). The van der Waals surface area contributed by atoms with Crippen LogP contribution in [0.15, 0.2) is 54.6 Å². The normalized spacial score (nSPS) is 15.6. The van der Waals surface area contributed by atoms with Crippen LogP contribution < -0.4 is 15.4 Å². The van der Waals surface area contributed by atoms with Gasteiger partial charge in [0.1, 0.15) is 12.4 Å². The molecule has 0 saturated carbocycles. The van der Waals surface area contributed by atoms with Crippen LogP contribution in [0.25, 0.3) is 0 Å². The number of carbonyl (C=O) groups excluding carboxylic acids is 1. The van der Waals surface area contributed by atoms with Crippen molar-refractivity contribution in [1.29, 1.82) is 0 Å². The van der Waals surface area contributed by atoms with E-state index >= 15 is 0 Å². The van der Waals surface area contributed by atoms with Gasteiger partial charge >= 0.3 is 6.03 Å². The van der Waals surface area contributed by atoms with Gasteiger partial charge in [-0.3, -0.25) is 4.90 Å². The maximum absolute atomic E-state index is 12.0. The summed E-state index contributed by atoms with van der Waals surface area (Å²) >= 11 is 0. The van der Waals surface area contributed by atoms with Crippen LogP contribution in [0.3, 0.4) is 0 Å². The Bertz CT molecular complexity index is 716. The van der Waals surface area contributed by atoms with E-state index < -0.39 is 0 Å². The summed E-state index contributed by atoms with van der Waals surface area (Å²) in [6, 6.07) is 18.0. The molecule has 1 unspecified atom stereocenters. The Morgan fingerprint density at radius 1 is 1.04 bits per heavy atom. The third kappa shape index (κ3) is 6.55. The first-order valence-electron chi connectivity index (χ1n) is 9.80. The quantitative estimate of drug-likeness (QED) is 0.736. The molecule has 2 aromatic rings. The maximum Gasteiger partial charge on any atom is 0.315 e. The van der Waals surface area contributed by atoms with Gasteiger partial charge in [-0.2, -0.15) is 0 Å². The molecule has 1 aliphatic rings. The summed E-state index contributed by atoms with van der Waals surface area (Å²) in [5.74, 6) is 0.858. The Morgan fingerprint density at radius 2 is 1.71 bits per heavy atom. The Morgan fingerprint density at radius 3 is 2.43 bits per heavy atom. The molecular formula is C22H29N3O3. The van der Waals surface area contributed by atoms with Crippen LogP contribution in [0, 0.1) is 0 Å². The molecule has 1 aliphatic heterocycles. The Hall–Kier alpha value is -2.57. The zero-order valence-corrected chi connectivity index (χ0v) is 16.4. The van der Waals surface area contributed by atoms with E-state index in [9.17, 15) is 4.79 Å². The van der Waals surface area contributed by atoms with Crippen molar-refractivity contribution in [2.75, 3.05) is 32.8 Å². The van der Waals surface area contributed by atoms with E-state index in [1.807, 2.05) is 54.6 Å². The van der Waals surface area contributed by atoms with Gasteiger partial charge in [0.05, 0.1) is 13.2 Å².